The highest BCUT2D eigenvalue weighted by atomic mass is 16.5. The third kappa shape index (κ3) is 6.04. The van der Waals surface area contributed by atoms with Crippen LogP contribution in [0.4, 0.5) is 0 Å². The average Bonchev–Trinajstić information content (AvgIpc) is 3.12. The third-order valence-corrected chi connectivity index (χ3v) is 6.29. The summed E-state index contributed by atoms with van der Waals surface area (Å²) in [4.78, 5) is 42.6. The molecule has 1 aromatic heterocycles. The molecule has 0 radical (unpaired) electrons. The van der Waals surface area contributed by atoms with E-state index in [-0.39, 0.29) is 30.1 Å². The van der Waals surface area contributed by atoms with Gasteiger partial charge >= 0.3 is 5.97 Å². The molecule has 9 heteroatoms. The summed E-state index contributed by atoms with van der Waals surface area (Å²) in [5, 5.41) is 7.23. The predicted molar refractivity (Wildman–Crippen MR) is 112 cm³/mol. The van der Waals surface area contributed by atoms with Crippen molar-refractivity contribution in [1.29, 1.82) is 0 Å². The monoisotopic (exact) mass is 434 g/mol. The summed E-state index contributed by atoms with van der Waals surface area (Å²) in [7, 11) is 0. The number of aromatic nitrogens is 2. The van der Waals surface area contributed by atoms with Gasteiger partial charge in [-0.2, -0.15) is 4.98 Å². The van der Waals surface area contributed by atoms with Gasteiger partial charge in [0, 0.05) is 32.9 Å². The van der Waals surface area contributed by atoms with E-state index in [2.05, 4.69) is 15.5 Å². The molecule has 0 spiro atoms. The second kappa shape index (κ2) is 10.7. The largest absolute Gasteiger partial charge is 0.466 e. The average molecular weight is 435 g/mol. The molecule has 1 aliphatic heterocycles. The zero-order chi connectivity index (χ0) is 22.3. The summed E-state index contributed by atoms with van der Waals surface area (Å²) in [5.74, 6) is 0.565. The number of hydrogen-bond acceptors (Lipinski definition) is 7. The van der Waals surface area contributed by atoms with Gasteiger partial charge in [0.2, 0.25) is 17.7 Å². The highest BCUT2D eigenvalue weighted by Crippen LogP contribution is 2.34. The highest BCUT2D eigenvalue weighted by molar-refractivity contribution is 5.77. The maximum absolute atomic E-state index is 12.6. The van der Waals surface area contributed by atoms with Crippen LogP contribution in [0.2, 0.25) is 0 Å². The fourth-order valence-electron chi connectivity index (χ4n) is 4.62. The number of aryl methyl sites for hydroxylation is 1. The molecule has 2 aliphatic rings. The molecule has 0 atom stereocenters. The molecule has 172 valence electrons. The number of nitrogens with one attached hydrogen (secondary N) is 1. The first kappa shape index (κ1) is 23.2. The molecule has 3 rings (SSSR count). The number of piperidine rings is 1. The van der Waals surface area contributed by atoms with Gasteiger partial charge in [-0.05, 0) is 32.6 Å². The standard InChI is InChI=1S/C22H34N4O5/c1-3-30-20(29)17-10-14-26(15-11-17)19(28)9-8-18-23-21(25-31-18)22(24-16(2)27)12-6-4-5-7-13-22/h17H,3-15H2,1-2H3,(H,24,27). The minimum absolute atomic E-state index is 0.0214. The Balaban J connectivity index is 1.54. The van der Waals surface area contributed by atoms with E-state index in [1.807, 2.05) is 0 Å². The van der Waals surface area contributed by atoms with Crippen molar-refractivity contribution >= 4 is 17.8 Å². The van der Waals surface area contributed by atoms with E-state index in [1.165, 1.54) is 6.92 Å². The Morgan fingerprint density at radius 1 is 1.16 bits per heavy atom. The Morgan fingerprint density at radius 2 is 1.84 bits per heavy atom. The van der Waals surface area contributed by atoms with E-state index in [0.717, 1.165) is 38.5 Å². The summed E-state index contributed by atoms with van der Waals surface area (Å²) in [6, 6.07) is 0. The summed E-state index contributed by atoms with van der Waals surface area (Å²) in [6.07, 6.45) is 7.76. The Kier molecular flexibility index (Phi) is 8.03. The number of carbonyl (C=O) groups excluding carboxylic acids is 3. The fraction of sp³-hybridized carbons (Fsp3) is 0.773. The number of nitrogens with zero attached hydrogens (tertiary/aromatic N) is 3. The molecule has 9 nitrogen and oxygen atoms in total. The van der Waals surface area contributed by atoms with Gasteiger partial charge in [-0.1, -0.05) is 30.8 Å². The van der Waals surface area contributed by atoms with Crippen LogP contribution in [0, 0.1) is 5.92 Å². The smallest absolute Gasteiger partial charge is 0.309 e. The first-order chi connectivity index (χ1) is 14.9. The zero-order valence-corrected chi connectivity index (χ0v) is 18.7. The van der Waals surface area contributed by atoms with Crippen molar-refractivity contribution in [2.45, 2.75) is 83.6 Å². The summed E-state index contributed by atoms with van der Waals surface area (Å²) in [5.41, 5.74) is -0.580. The van der Waals surface area contributed by atoms with Gasteiger partial charge in [-0.25, -0.2) is 0 Å². The molecule has 31 heavy (non-hydrogen) atoms. The third-order valence-electron chi connectivity index (χ3n) is 6.29. The number of ether oxygens (including phenoxy) is 1. The molecule has 1 saturated heterocycles. The second-order valence-electron chi connectivity index (χ2n) is 8.60. The van der Waals surface area contributed by atoms with Crippen LogP contribution in [0.1, 0.15) is 83.3 Å². The maximum Gasteiger partial charge on any atom is 0.309 e. The molecule has 0 bridgehead atoms. The Labute approximate surface area is 183 Å². The van der Waals surface area contributed by atoms with Crippen LogP contribution in [-0.4, -0.2) is 52.5 Å². The molecule has 0 unspecified atom stereocenters. The second-order valence-corrected chi connectivity index (χ2v) is 8.60. The Bertz CT molecular complexity index is 762. The van der Waals surface area contributed by atoms with Crippen molar-refractivity contribution in [2.75, 3.05) is 19.7 Å². The summed E-state index contributed by atoms with van der Waals surface area (Å²) >= 11 is 0. The lowest BCUT2D eigenvalue weighted by Gasteiger charge is -2.30. The van der Waals surface area contributed by atoms with Gasteiger partial charge in [-0.3, -0.25) is 14.4 Å². The van der Waals surface area contributed by atoms with E-state index in [9.17, 15) is 14.4 Å². The van der Waals surface area contributed by atoms with E-state index in [1.54, 1.807) is 11.8 Å². The minimum Gasteiger partial charge on any atom is -0.466 e. The van der Waals surface area contributed by atoms with Gasteiger partial charge in [0.05, 0.1) is 12.5 Å². The van der Waals surface area contributed by atoms with Gasteiger partial charge < -0.3 is 19.5 Å². The molecular weight excluding hydrogens is 400 g/mol. The number of esters is 1. The molecule has 1 aliphatic carbocycles. The van der Waals surface area contributed by atoms with Crippen molar-refractivity contribution < 1.29 is 23.6 Å². The van der Waals surface area contributed by atoms with Crippen LogP contribution >= 0.6 is 0 Å². The SMILES string of the molecule is CCOC(=O)C1CCN(C(=O)CCc2nc(C3(NC(C)=O)CCCCCC3)no2)CC1. The number of amides is 2. The number of carbonyl (C=O) groups is 3. The highest BCUT2D eigenvalue weighted by Gasteiger charge is 2.38. The summed E-state index contributed by atoms with van der Waals surface area (Å²) < 4.78 is 10.5. The quantitative estimate of drug-likeness (QED) is 0.518. The molecule has 2 amide bonds. The van der Waals surface area contributed by atoms with Crippen molar-refractivity contribution in [1.82, 2.24) is 20.4 Å². The lowest BCUT2D eigenvalue weighted by Crippen LogP contribution is -2.45. The number of likely N-dealkylation sites (tertiary alicyclic amines) is 1. The molecule has 2 heterocycles. The maximum atomic E-state index is 12.6. The first-order valence-electron chi connectivity index (χ1n) is 11.5. The lowest BCUT2D eigenvalue weighted by atomic mass is 9.89. The predicted octanol–water partition coefficient (Wildman–Crippen LogP) is 2.49. The van der Waals surface area contributed by atoms with Gasteiger partial charge in [-0.15, -0.1) is 0 Å². The molecule has 1 aromatic rings. The van der Waals surface area contributed by atoms with E-state index < -0.39 is 5.54 Å². The van der Waals surface area contributed by atoms with Crippen LogP contribution in [-0.2, 0) is 31.1 Å². The van der Waals surface area contributed by atoms with Crippen molar-refractivity contribution in [3.63, 3.8) is 0 Å². The van der Waals surface area contributed by atoms with Crippen LogP contribution in [0.15, 0.2) is 4.52 Å². The van der Waals surface area contributed by atoms with E-state index in [4.69, 9.17) is 9.26 Å². The molecule has 1 N–H and O–H groups in total. The molecule has 2 fully saturated rings. The van der Waals surface area contributed by atoms with Crippen LogP contribution in [0.25, 0.3) is 0 Å². The Hall–Kier alpha value is -2.45. The minimum atomic E-state index is -0.580. The first-order valence-corrected chi connectivity index (χ1v) is 11.5. The Morgan fingerprint density at radius 3 is 2.45 bits per heavy atom. The summed E-state index contributed by atoms with van der Waals surface area (Å²) in [6.45, 7) is 4.81. The molecule has 1 saturated carbocycles. The van der Waals surface area contributed by atoms with Crippen molar-refractivity contribution in [3.05, 3.63) is 11.7 Å². The number of hydrogen-bond donors (Lipinski definition) is 1. The van der Waals surface area contributed by atoms with Crippen LogP contribution in [0.3, 0.4) is 0 Å². The zero-order valence-electron chi connectivity index (χ0n) is 18.7. The topological polar surface area (TPSA) is 115 Å². The van der Waals surface area contributed by atoms with Gasteiger partial charge in [0.25, 0.3) is 0 Å². The van der Waals surface area contributed by atoms with E-state index in [0.29, 0.717) is 50.7 Å². The molecular formula is C22H34N4O5. The lowest BCUT2D eigenvalue weighted by molar-refractivity contribution is -0.151. The van der Waals surface area contributed by atoms with Crippen molar-refractivity contribution in [2.24, 2.45) is 5.92 Å². The fourth-order valence-corrected chi connectivity index (χ4v) is 4.62. The van der Waals surface area contributed by atoms with Gasteiger partial charge in [0.1, 0.15) is 5.54 Å². The van der Waals surface area contributed by atoms with Crippen molar-refractivity contribution in [3.8, 4) is 0 Å². The van der Waals surface area contributed by atoms with Gasteiger partial charge in [0.15, 0.2) is 5.82 Å². The van der Waals surface area contributed by atoms with E-state index >= 15 is 0 Å². The van der Waals surface area contributed by atoms with Crippen LogP contribution < -0.4 is 5.32 Å². The molecule has 0 aromatic carbocycles. The number of rotatable bonds is 7. The normalized spacial score (nSPS) is 19.5. The van der Waals surface area contributed by atoms with Crippen LogP contribution in [0.5, 0.6) is 0 Å².